The maximum atomic E-state index is 13.3. The SMILES string of the molecule is COc1nc(-c2cccc(-c3cccc(-c4ccn5c(=O)c(CNC[C@@H]6CCC(=O)N6)cnc5c4)c3Cl)c2Cl)ccc1CNC[C@@H]1CCC(=O)N1. The minimum atomic E-state index is -0.161. The lowest BCUT2D eigenvalue weighted by Crippen LogP contribution is -2.36. The number of halogens is 2. The van der Waals surface area contributed by atoms with E-state index in [9.17, 15) is 14.4 Å². The first-order valence-electron chi connectivity index (χ1n) is 16.9. The van der Waals surface area contributed by atoms with Crippen LogP contribution in [0.4, 0.5) is 0 Å². The summed E-state index contributed by atoms with van der Waals surface area (Å²) in [4.78, 5) is 45.6. The molecule has 4 N–H and O–H groups in total. The van der Waals surface area contributed by atoms with Gasteiger partial charge in [0, 0.05) is 96.9 Å². The van der Waals surface area contributed by atoms with Crippen molar-refractivity contribution < 1.29 is 14.3 Å². The molecule has 2 fully saturated rings. The second-order valence-corrected chi connectivity index (χ2v) is 13.6. The van der Waals surface area contributed by atoms with Crippen molar-refractivity contribution in [1.82, 2.24) is 35.6 Å². The van der Waals surface area contributed by atoms with Crippen LogP contribution < -0.4 is 31.6 Å². The second-order valence-electron chi connectivity index (χ2n) is 12.8. The van der Waals surface area contributed by atoms with E-state index in [0.29, 0.717) is 71.9 Å². The Bertz CT molecular complexity index is 2190. The van der Waals surface area contributed by atoms with Gasteiger partial charge in [-0.2, -0.15) is 0 Å². The van der Waals surface area contributed by atoms with Gasteiger partial charge in [-0.3, -0.25) is 18.8 Å². The van der Waals surface area contributed by atoms with Crippen molar-refractivity contribution in [2.75, 3.05) is 20.2 Å². The van der Waals surface area contributed by atoms with E-state index >= 15 is 0 Å². The Hall–Kier alpha value is -4.81. The first-order valence-corrected chi connectivity index (χ1v) is 17.7. The molecular weight excluding hydrogens is 689 g/mol. The summed E-state index contributed by atoms with van der Waals surface area (Å²) in [6, 6.07) is 19.3. The number of hydrogen-bond acceptors (Lipinski definition) is 8. The Balaban J connectivity index is 1.10. The van der Waals surface area contributed by atoms with Crippen LogP contribution in [0.5, 0.6) is 5.88 Å². The average Bonchev–Trinajstić information content (AvgIpc) is 3.76. The molecule has 2 saturated heterocycles. The monoisotopic (exact) mass is 725 g/mol. The molecule has 3 aromatic heterocycles. The van der Waals surface area contributed by atoms with Gasteiger partial charge in [-0.15, -0.1) is 0 Å². The highest BCUT2D eigenvalue weighted by atomic mass is 35.5. The number of pyridine rings is 2. The van der Waals surface area contributed by atoms with Crippen LogP contribution >= 0.6 is 23.2 Å². The number of nitrogens with zero attached hydrogens (tertiary/aromatic N) is 3. The smallest absolute Gasteiger partial charge is 0.262 e. The maximum Gasteiger partial charge on any atom is 0.262 e. The summed E-state index contributed by atoms with van der Waals surface area (Å²) >= 11 is 14.2. The number of methoxy groups -OCH3 is 1. The van der Waals surface area contributed by atoms with Gasteiger partial charge in [0.2, 0.25) is 17.7 Å². The number of hydrogen-bond donors (Lipinski definition) is 4. The normalized spacial score (nSPS) is 17.2. The van der Waals surface area contributed by atoms with Crippen LogP contribution in [0.3, 0.4) is 0 Å². The Kier molecular flexibility index (Phi) is 10.3. The zero-order valence-electron chi connectivity index (χ0n) is 28.0. The topological polar surface area (TPSA) is 139 Å². The van der Waals surface area contributed by atoms with Gasteiger partial charge in [-0.05, 0) is 36.6 Å². The number of benzene rings is 2. The Morgan fingerprint density at radius 1 is 0.804 bits per heavy atom. The molecule has 5 aromatic rings. The minimum absolute atomic E-state index is 0.0607. The fraction of sp³-hybridized carbons (Fsp3) is 0.289. The molecule has 2 aromatic carbocycles. The summed E-state index contributed by atoms with van der Waals surface area (Å²) in [5, 5.41) is 13.5. The molecule has 5 heterocycles. The van der Waals surface area contributed by atoms with E-state index in [0.717, 1.165) is 46.2 Å². The standard InChI is InChI=1S/C38H37Cl2N7O4/c1-51-37-23(17-41-20-25-9-12-33(48)44-25)8-11-31(46-37)30-7-3-6-29(36(30)40)28-5-2-4-27(35(28)39)22-14-15-47-32(16-22)43-19-24(38(47)50)18-42-21-26-10-13-34(49)45-26/h2-8,11,14-16,19,25-26,41-42H,9-10,12-13,17-18,20-21H2,1H3,(H,44,48)(H,45,49)/t25-,26-/m0/s1. The van der Waals surface area contributed by atoms with E-state index in [1.165, 1.54) is 4.40 Å². The number of nitrogens with one attached hydrogen (secondary N) is 4. The summed E-state index contributed by atoms with van der Waals surface area (Å²) in [6.07, 6.45) is 6.01. The summed E-state index contributed by atoms with van der Waals surface area (Å²) in [5.41, 5.74) is 6.21. The Labute approximate surface area is 304 Å². The maximum absolute atomic E-state index is 13.3. The molecule has 7 rings (SSSR count). The molecule has 2 aliphatic heterocycles. The first kappa shape index (κ1) is 34.6. The van der Waals surface area contributed by atoms with Gasteiger partial charge in [0.05, 0.1) is 22.8 Å². The van der Waals surface area contributed by atoms with Crippen molar-refractivity contribution >= 4 is 40.7 Å². The molecule has 0 unspecified atom stereocenters. The summed E-state index contributed by atoms with van der Waals surface area (Å²) < 4.78 is 7.16. The lowest BCUT2D eigenvalue weighted by atomic mass is 9.97. The fourth-order valence-electron chi connectivity index (χ4n) is 6.66. The van der Waals surface area contributed by atoms with Gasteiger partial charge in [0.15, 0.2) is 0 Å². The third-order valence-electron chi connectivity index (χ3n) is 9.37. The third-order valence-corrected chi connectivity index (χ3v) is 10.2. The Morgan fingerprint density at radius 3 is 2.04 bits per heavy atom. The van der Waals surface area contributed by atoms with Gasteiger partial charge >= 0.3 is 0 Å². The molecular formula is C38H37Cl2N7O4. The predicted octanol–water partition coefficient (Wildman–Crippen LogP) is 5.14. The summed E-state index contributed by atoms with van der Waals surface area (Å²) in [7, 11) is 1.59. The minimum Gasteiger partial charge on any atom is -0.481 e. The van der Waals surface area contributed by atoms with Crippen LogP contribution in [0, 0.1) is 0 Å². The molecule has 13 heteroatoms. The van der Waals surface area contributed by atoms with Crippen LogP contribution in [0.2, 0.25) is 10.0 Å². The zero-order valence-corrected chi connectivity index (χ0v) is 29.5. The molecule has 11 nitrogen and oxygen atoms in total. The number of rotatable bonds is 12. The average molecular weight is 727 g/mol. The summed E-state index contributed by atoms with van der Waals surface area (Å²) in [6.45, 7) is 2.15. The van der Waals surface area contributed by atoms with Crippen LogP contribution in [-0.4, -0.2) is 58.5 Å². The lowest BCUT2D eigenvalue weighted by Gasteiger charge is -2.16. The highest BCUT2D eigenvalue weighted by molar-refractivity contribution is 6.39. The fourth-order valence-corrected chi connectivity index (χ4v) is 7.32. The van der Waals surface area contributed by atoms with Crippen molar-refractivity contribution in [3.63, 3.8) is 0 Å². The van der Waals surface area contributed by atoms with Crippen molar-refractivity contribution in [2.45, 2.75) is 50.9 Å². The molecule has 0 spiro atoms. The van der Waals surface area contributed by atoms with Gasteiger partial charge in [0.25, 0.3) is 5.56 Å². The number of fused-ring (bicyclic) bond motifs is 1. The molecule has 0 radical (unpaired) electrons. The predicted molar refractivity (Wildman–Crippen MR) is 198 cm³/mol. The van der Waals surface area contributed by atoms with E-state index in [1.807, 2.05) is 60.7 Å². The van der Waals surface area contributed by atoms with Crippen LogP contribution in [0.1, 0.15) is 36.8 Å². The van der Waals surface area contributed by atoms with Crippen molar-refractivity contribution in [3.8, 4) is 39.4 Å². The van der Waals surface area contributed by atoms with Crippen molar-refractivity contribution in [3.05, 3.63) is 105 Å². The largest absolute Gasteiger partial charge is 0.481 e. The number of carbonyl (C=O) groups is 2. The second kappa shape index (κ2) is 15.2. The highest BCUT2D eigenvalue weighted by Gasteiger charge is 2.22. The third kappa shape index (κ3) is 7.48. The number of amides is 2. The molecule has 2 aliphatic rings. The van der Waals surface area contributed by atoms with E-state index < -0.39 is 0 Å². The molecule has 0 bridgehead atoms. The van der Waals surface area contributed by atoms with Gasteiger partial charge in [-0.1, -0.05) is 65.7 Å². The van der Waals surface area contributed by atoms with E-state index in [2.05, 4.69) is 26.3 Å². The number of carbonyl (C=O) groups excluding carboxylic acids is 2. The quantitative estimate of drug-likeness (QED) is 0.139. The van der Waals surface area contributed by atoms with Crippen molar-refractivity contribution in [2.24, 2.45) is 0 Å². The molecule has 51 heavy (non-hydrogen) atoms. The van der Waals surface area contributed by atoms with Crippen LogP contribution in [0.15, 0.2) is 77.9 Å². The van der Waals surface area contributed by atoms with E-state index in [4.69, 9.17) is 32.9 Å². The van der Waals surface area contributed by atoms with Crippen LogP contribution in [0.25, 0.3) is 39.2 Å². The molecule has 2 amide bonds. The van der Waals surface area contributed by atoms with Gasteiger partial charge in [-0.25, -0.2) is 9.97 Å². The van der Waals surface area contributed by atoms with Crippen LogP contribution in [-0.2, 0) is 22.7 Å². The molecule has 0 aliphatic carbocycles. The zero-order chi connectivity index (χ0) is 35.5. The number of ether oxygens (including phenoxy) is 1. The highest BCUT2D eigenvalue weighted by Crippen LogP contribution is 2.42. The van der Waals surface area contributed by atoms with Crippen molar-refractivity contribution in [1.29, 1.82) is 0 Å². The molecule has 0 saturated carbocycles. The summed E-state index contributed by atoms with van der Waals surface area (Å²) in [5.74, 6) is 0.642. The lowest BCUT2D eigenvalue weighted by molar-refractivity contribution is -0.120. The molecule has 2 atom stereocenters. The first-order chi connectivity index (χ1) is 24.8. The van der Waals surface area contributed by atoms with E-state index in [1.54, 1.807) is 19.5 Å². The number of aromatic nitrogens is 3. The van der Waals surface area contributed by atoms with E-state index in [-0.39, 0.29) is 29.5 Å². The van der Waals surface area contributed by atoms with Gasteiger partial charge < -0.3 is 26.0 Å². The molecule has 262 valence electrons. The Morgan fingerprint density at radius 2 is 1.41 bits per heavy atom. The van der Waals surface area contributed by atoms with Gasteiger partial charge in [0.1, 0.15) is 5.65 Å².